The van der Waals surface area contributed by atoms with Crippen LogP contribution in [-0.4, -0.2) is 34.5 Å². The molecule has 0 N–H and O–H groups in total. The second-order valence-corrected chi connectivity index (χ2v) is 4.25. The summed E-state index contributed by atoms with van der Waals surface area (Å²) in [5, 5.41) is 8.38. The van der Waals surface area contributed by atoms with Crippen molar-refractivity contribution in [3.05, 3.63) is 49.3 Å². The van der Waals surface area contributed by atoms with Gasteiger partial charge in [0.2, 0.25) is 0 Å². The van der Waals surface area contributed by atoms with E-state index in [-0.39, 0.29) is 5.92 Å². The average molecular weight is 255 g/mol. The molecule has 0 fully saturated rings. The number of hydrogen-bond acceptors (Lipinski definition) is 5. The summed E-state index contributed by atoms with van der Waals surface area (Å²) in [6.07, 6.45) is 8.27. The Morgan fingerprint density at radius 2 is 1.95 bits per heavy atom. The maximum Gasteiger partial charge on any atom is 0.138 e. The first-order valence-corrected chi connectivity index (χ1v) is 5.97. The maximum atomic E-state index is 4.34. The minimum atomic E-state index is 0.178. The first-order chi connectivity index (χ1) is 9.34. The Bertz CT molecular complexity index is 629. The first-order valence-electron chi connectivity index (χ1n) is 5.97. The van der Waals surface area contributed by atoms with Gasteiger partial charge in [0.05, 0.1) is 12.2 Å². The van der Waals surface area contributed by atoms with Crippen LogP contribution in [0.4, 0.5) is 0 Å². The van der Waals surface area contributed by atoms with E-state index >= 15 is 0 Å². The third-order valence-corrected chi connectivity index (χ3v) is 2.85. The molecule has 0 aliphatic carbocycles. The second-order valence-electron chi connectivity index (χ2n) is 4.25. The van der Waals surface area contributed by atoms with Crippen LogP contribution in [0.2, 0.25) is 0 Å². The molecule has 3 aromatic rings. The van der Waals surface area contributed by atoms with Crippen molar-refractivity contribution < 1.29 is 0 Å². The molecular weight excluding hydrogens is 242 g/mol. The van der Waals surface area contributed by atoms with Gasteiger partial charge in [0.25, 0.3) is 0 Å². The predicted octanol–water partition coefficient (Wildman–Crippen LogP) is 1.06. The summed E-state index contributed by atoms with van der Waals surface area (Å²) in [6, 6.07) is 3.81. The van der Waals surface area contributed by atoms with Gasteiger partial charge in [-0.3, -0.25) is 9.67 Å². The van der Waals surface area contributed by atoms with Crippen molar-refractivity contribution in [3.8, 4) is 5.69 Å². The number of rotatable bonds is 4. The molecule has 0 aliphatic rings. The van der Waals surface area contributed by atoms with E-state index in [1.165, 1.54) is 6.33 Å². The molecule has 0 saturated heterocycles. The van der Waals surface area contributed by atoms with Crippen LogP contribution in [0.25, 0.3) is 5.69 Å². The van der Waals surface area contributed by atoms with Gasteiger partial charge in [-0.05, 0) is 12.1 Å². The molecule has 1 unspecified atom stereocenters. The Morgan fingerprint density at radius 1 is 1.11 bits per heavy atom. The first kappa shape index (κ1) is 11.5. The Labute approximate surface area is 110 Å². The van der Waals surface area contributed by atoms with Gasteiger partial charge in [-0.1, -0.05) is 6.92 Å². The molecule has 19 heavy (non-hydrogen) atoms. The number of nitrogens with zero attached hydrogens (tertiary/aromatic N) is 7. The zero-order valence-corrected chi connectivity index (χ0v) is 10.5. The van der Waals surface area contributed by atoms with Crippen molar-refractivity contribution >= 4 is 0 Å². The van der Waals surface area contributed by atoms with Crippen molar-refractivity contribution in [3.63, 3.8) is 0 Å². The van der Waals surface area contributed by atoms with Crippen LogP contribution < -0.4 is 0 Å². The van der Waals surface area contributed by atoms with E-state index in [1.54, 1.807) is 29.7 Å². The summed E-state index contributed by atoms with van der Waals surface area (Å²) in [6.45, 7) is 2.80. The van der Waals surface area contributed by atoms with Crippen LogP contribution in [-0.2, 0) is 6.54 Å². The molecule has 0 aliphatic heterocycles. The van der Waals surface area contributed by atoms with Crippen molar-refractivity contribution in [2.45, 2.75) is 19.4 Å². The van der Waals surface area contributed by atoms with Gasteiger partial charge in [0.1, 0.15) is 24.8 Å². The summed E-state index contributed by atoms with van der Waals surface area (Å²) in [7, 11) is 0. The second kappa shape index (κ2) is 4.97. The van der Waals surface area contributed by atoms with Gasteiger partial charge < -0.3 is 0 Å². The third kappa shape index (κ3) is 2.35. The lowest BCUT2D eigenvalue weighted by Crippen LogP contribution is -2.12. The molecule has 7 heteroatoms. The van der Waals surface area contributed by atoms with E-state index in [4.69, 9.17) is 0 Å². The lowest BCUT2D eigenvalue weighted by atomic mass is 10.1. The monoisotopic (exact) mass is 255 g/mol. The van der Waals surface area contributed by atoms with Crippen molar-refractivity contribution in [2.24, 2.45) is 0 Å². The number of hydrogen-bond donors (Lipinski definition) is 0. The average Bonchev–Trinajstić information content (AvgIpc) is 3.10. The number of aromatic nitrogens is 7. The van der Waals surface area contributed by atoms with E-state index in [0.29, 0.717) is 6.54 Å². The smallest absolute Gasteiger partial charge is 0.138 e. The SMILES string of the molecule is CC(Cn1cncn1)c1ncnn1-c1ccncc1. The van der Waals surface area contributed by atoms with Crippen LogP contribution >= 0.6 is 0 Å². The zero-order valence-electron chi connectivity index (χ0n) is 10.5. The molecule has 0 amide bonds. The Hall–Kier alpha value is -2.57. The molecule has 1 atom stereocenters. The molecule has 0 spiro atoms. The van der Waals surface area contributed by atoms with Crippen LogP contribution in [0.1, 0.15) is 18.7 Å². The Kier molecular flexibility index (Phi) is 3.01. The Morgan fingerprint density at radius 3 is 2.68 bits per heavy atom. The lowest BCUT2D eigenvalue weighted by Gasteiger charge is -2.12. The van der Waals surface area contributed by atoms with E-state index < -0.39 is 0 Å². The summed E-state index contributed by atoms with van der Waals surface area (Å²) in [5.74, 6) is 1.07. The number of pyridine rings is 1. The largest absolute Gasteiger partial charge is 0.265 e. The minimum Gasteiger partial charge on any atom is -0.265 e. The van der Waals surface area contributed by atoms with E-state index in [2.05, 4.69) is 32.1 Å². The quantitative estimate of drug-likeness (QED) is 0.696. The maximum absolute atomic E-state index is 4.34. The lowest BCUT2D eigenvalue weighted by molar-refractivity contribution is 0.514. The Balaban J connectivity index is 1.88. The van der Waals surface area contributed by atoms with Crippen LogP contribution in [0, 0.1) is 0 Å². The molecule has 3 aromatic heterocycles. The van der Waals surface area contributed by atoms with E-state index in [1.807, 2.05) is 16.8 Å². The van der Waals surface area contributed by atoms with Crippen molar-refractivity contribution in [2.75, 3.05) is 0 Å². The zero-order chi connectivity index (χ0) is 13.1. The topological polar surface area (TPSA) is 74.3 Å². The molecule has 0 radical (unpaired) electrons. The molecule has 3 rings (SSSR count). The fourth-order valence-electron chi connectivity index (χ4n) is 1.96. The molecule has 0 bridgehead atoms. The fraction of sp³-hybridized carbons (Fsp3) is 0.250. The standard InChI is InChI=1S/C12H13N7/c1-10(6-18-9-14-7-16-18)12-15-8-17-19(12)11-2-4-13-5-3-11/h2-5,7-10H,6H2,1H3. The van der Waals surface area contributed by atoms with E-state index in [0.717, 1.165) is 11.5 Å². The van der Waals surface area contributed by atoms with Crippen LogP contribution in [0.3, 0.4) is 0 Å². The van der Waals surface area contributed by atoms with E-state index in [9.17, 15) is 0 Å². The molecule has 96 valence electrons. The van der Waals surface area contributed by atoms with Gasteiger partial charge in [-0.2, -0.15) is 10.2 Å². The third-order valence-electron chi connectivity index (χ3n) is 2.85. The molecule has 3 heterocycles. The summed E-state index contributed by atoms with van der Waals surface area (Å²) >= 11 is 0. The summed E-state index contributed by atoms with van der Waals surface area (Å²) in [4.78, 5) is 12.3. The highest BCUT2D eigenvalue weighted by molar-refractivity contribution is 5.28. The summed E-state index contributed by atoms with van der Waals surface area (Å²) in [5.41, 5.74) is 0.952. The fourth-order valence-corrected chi connectivity index (χ4v) is 1.96. The van der Waals surface area contributed by atoms with Crippen molar-refractivity contribution in [1.82, 2.24) is 34.5 Å². The van der Waals surface area contributed by atoms with Crippen LogP contribution in [0.5, 0.6) is 0 Å². The van der Waals surface area contributed by atoms with Crippen LogP contribution in [0.15, 0.2) is 43.5 Å². The summed E-state index contributed by atoms with van der Waals surface area (Å²) < 4.78 is 3.61. The van der Waals surface area contributed by atoms with Gasteiger partial charge in [-0.25, -0.2) is 14.6 Å². The predicted molar refractivity (Wildman–Crippen MR) is 67.6 cm³/mol. The van der Waals surface area contributed by atoms with Gasteiger partial charge >= 0.3 is 0 Å². The molecule has 7 nitrogen and oxygen atoms in total. The highest BCUT2D eigenvalue weighted by atomic mass is 15.4. The molecular formula is C12H13N7. The highest BCUT2D eigenvalue weighted by Crippen LogP contribution is 2.17. The van der Waals surface area contributed by atoms with Gasteiger partial charge in [-0.15, -0.1) is 0 Å². The highest BCUT2D eigenvalue weighted by Gasteiger charge is 2.15. The molecule has 0 saturated carbocycles. The van der Waals surface area contributed by atoms with Gasteiger partial charge in [0.15, 0.2) is 0 Å². The molecule has 0 aromatic carbocycles. The van der Waals surface area contributed by atoms with Gasteiger partial charge in [0, 0.05) is 18.3 Å². The normalized spacial score (nSPS) is 12.5. The minimum absolute atomic E-state index is 0.178. The van der Waals surface area contributed by atoms with Crippen molar-refractivity contribution in [1.29, 1.82) is 0 Å².